The van der Waals surface area contributed by atoms with Crippen LogP contribution in [0.1, 0.15) is 20.3 Å². The van der Waals surface area contributed by atoms with Crippen molar-refractivity contribution in [3.63, 3.8) is 0 Å². The van der Waals surface area contributed by atoms with E-state index in [1.165, 1.54) is 0 Å². The second-order valence-electron chi connectivity index (χ2n) is 4.03. The first-order valence-electron chi connectivity index (χ1n) is 5.16. The smallest absolute Gasteiger partial charge is 0.366 e. The number of carbonyl (C=O) groups excluding carboxylic acids is 2. The van der Waals surface area contributed by atoms with E-state index in [0.29, 0.717) is 18.5 Å². The molecule has 0 spiro atoms. The molecular formula is C11H20NO4+. The molecule has 0 aromatic heterocycles. The summed E-state index contributed by atoms with van der Waals surface area (Å²) in [6.07, 6.45) is 0.327. The van der Waals surface area contributed by atoms with Crippen molar-refractivity contribution in [2.45, 2.75) is 20.3 Å². The minimum atomic E-state index is -0.429. The topological polar surface area (TPSA) is 52.6 Å². The van der Waals surface area contributed by atoms with E-state index in [9.17, 15) is 9.59 Å². The van der Waals surface area contributed by atoms with Gasteiger partial charge < -0.3 is 4.74 Å². The highest BCUT2D eigenvalue weighted by molar-refractivity contribution is 5.86. The van der Waals surface area contributed by atoms with Crippen LogP contribution in [0, 0.1) is 0 Å². The fraction of sp³-hybridized carbons (Fsp3) is 0.636. The second kappa shape index (κ2) is 6.27. The Hall–Kier alpha value is -1.36. The van der Waals surface area contributed by atoms with Gasteiger partial charge in [0.05, 0.1) is 0 Å². The summed E-state index contributed by atoms with van der Waals surface area (Å²) in [5.74, 6) is -0.710. The average molecular weight is 230 g/mol. The molecule has 0 rings (SSSR count). The van der Waals surface area contributed by atoms with Crippen LogP contribution in [0.25, 0.3) is 0 Å². The van der Waals surface area contributed by atoms with E-state index in [-0.39, 0.29) is 17.2 Å². The van der Waals surface area contributed by atoms with Gasteiger partial charge in [-0.05, 0) is 6.92 Å². The van der Waals surface area contributed by atoms with Crippen molar-refractivity contribution in [3.8, 4) is 0 Å². The number of quaternary nitrogens is 1. The first-order valence-corrected chi connectivity index (χ1v) is 5.16. The van der Waals surface area contributed by atoms with Gasteiger partial charge in [-0.1, -0.05) is 13.5 Å². The summed E-state index contributed by atoms with van der Waals surface area (Å²) in [6, 6.07) is 0. The molecule has 0 aromatic carbocycles. The Morgan fingerprint density at radius 3 is 2.31 bits per heavy atom. The first kappa shape index (κ1) is 14.6. The van der Waals surface area contributed by atoms with Gasteiger partial charge in [0.15, 0.2) is 6.54 Å². The lowest BCUT2D eigenvalue weighted by Crippen LogP contribution is -2.44. The number of hydroxylamine groups is 3. The number of ether oxygens (including phenoxy) is 1. The summed E-state index contributed by atoms with van der Waals surface area (Å²) in [5, 5.41) is 0. The van der Waals surface area contributed by atoms with E-state index >= 15 is 0 Å². The van der Waals surface area contributed by atoms with Crippen molar-refractivity contribution in [2.24, 2.45) is 0 Å². The van der Waals surface area contributed by atoms with Crippen LogP contribution < -0.4 is 0 Å². The summed E-state index contributed by atoms with van der Waals surface area (Å²) in [4.78, 5) is 27.3. The minimum absolute atomic E-state index is 0.0378. The molecule has 16 heavy (non-hydrogen) atoms. The maximum absolute atomic E-state index is 11.1. The monoisotopic (exact) mass is 230 g/mol. The van der Waals surface area contributed by atoms with Crippen LogP contribution in [-0.2, 0) is 19.2 Å². The third kappa shape index (κ3) is 6.19. The third-order valence-electron chi connectivity index (χ3n) is 1.85. The highest BCUT2D eigenvalue weighted by Gasteiger charge is 2.21. The van der Waals surface area contributed by atoms with E-state index in [0.717, 1.165) is 0 Å². The maximum atomic E-state index is 11.1. The van der Waals surface area contributed by atoms with Crippen molar-refractivity contribution in [2.75, 3.05) is 27.2 Å². The number of rotatable bonds is 6. The van der Waals surface area contributed by atoms with Crippen LogP contribution in [-0.4, -0.2) is 43.8 Å². The predicted octanol–water partition coefficient (Wildman–Crippen LogP) is 1.05. The van der Waals surface area contributed by atoms with E-state index in [2.05, 4.69) is 6.58 Å². The Kier molecular flexibility index (Phi) is 5.74. The number of likely N-dealkylation sites (N-methyl/N-ethyl adjacent to an activating group) is 1. The number of nitrogens with zero attached hydrogens (tertiary/aromatic N) is 1. The van der Waals surface area contributed by atoms with Gasteiger partial charge in [0.1, 0.15) is 20.7 Å². The van der Waals surface area contributed by atoms with Crippen molar-refractivity contribution in [1.82, 2.24) is 0 Å². The van der Waals surface area contributed by atoms with Gasteiger partial charge in [-0.25, -0.2) is 9.59 Å². The predicted molar refractivity (Wildman–Crippen MR) is 59.1 cm³/mol. The molecule has 5 nitrogen and oxygen atoms in total. The van der Waals surface area contributed by atoms with Gasteiger partial charge in [0.25, 0.3) is 0 Å². The first-order chi connectivity index (χ1) is 7.28. The molecule has 0 heterocycles. The highest BCUT2D eigenvalue weighted by Crippen LogP contribution is 2.02. The summed E-state index contributed by atoms with van der Waals surface area (Å²) < 4.78 is 4.95. The lowest BCUT2D eigenvalue weighted by Gasteiger charge is -2.25. The van der Waals surface area contributed by atoms with Crippen LogP contribution in [0.3, 0.4) is 0 Å². The normalized spacial score (nSPS) is 10.8. The molecule has 0 aliphatic rings. The molecule has 0 saturated carbocycles. The molecular weight excluding hydrogens is 210 g/mol. The Bertz CT molecular complexity index is 284. The molecule has 0 N–H and O–H groups in total. The summed E-state index contributed by atoms with van der Waals surface area (Å²) in [5.41, 5.74) is 0.357. The van der Waals surface area contributed by atoms with E-state index < -0.39 is 5.97 Å². The molecule has 0 radical (unpaired) electrons. The standard InChI is InChI=1S/C11H20NO4/c1-6-10(13)16-12(4,5)7-8-15-11(14)9(2)3/h2,6-8H2,1,3-5H3/q+1. The van der Waals surface area contributed by atoms with Crippen LogP contribution in [0.4, 0.5) is 0 Å². The van der Waals surface area contributed by atoms with Gasteiger partial charge in [-0.15, -0.1) is 4.65 Å². The van der Waals surface area contributed by atoms with Gasteiger partial charge in [0, 0.05) is 12.0 Å². The van der Waals surface area contributed by atoms with Gasteiger partial charge >= 0.3 is 11.9 Å². The summed E-state index contributed by atoms with van der Waals surface area (Å²) in [6.45, 7) is 7.37. The van der Waals surface area contributed by atoms with Gasteiger partial charge in [-0.3, -0.25) is 4.84 Å². The molecule has 0 aliphatic carbocycles. The van der Waals surface area contributed by atoms with Crippen molar-refractivity contribution in [3.05, 3.63) is 12.2 Å². The Balaban J connectivity index is 3.95. The SMILES string of the molecule is C=C(C)C(=O)OCC[N+](C)(C)OC(=O)CC. The lowest BCUT2D eigenvalue weighted by molar-refractivity contribution is -1.06. The third-order valence-corrected chi connectivity index (χ3v) is 1.85. The van der Waals surface area contributed by atoms with Crippen LogP contribution in [0.15, 0.2) is 12.2 Å². The van der Waals surface area contributed by atoms with E-state index in [4.69, 9.17) is 9.57 Å². The lowest BCUT2D eigenvalue weighted by atomic mass is 10.4. The molecule has 0 bridgehead atoms. The van der Waals surface area contributed by atoms with Crippen LogP contribution >= 0.6 is 0 Å². The van der Waals surface area contributed by atoms with Crippen molar-refractivity contribution < 1.29 is 23.8 Å². The number of hydrogen-bond acceptors (Lipinski definition) is 4. The molecule has 0 fully saturated rings. The number of hydrogen-bond donors (Lipinski definition) is 0. The minimum Gasteiger partial charge on any atom is -0.456 e. The fourth-order valence-corrected chi connectivity index (χ4v) is 0.867. The molecule has 0 atom stereocenters. The maximum Gasteiger partial charge on any atom is 0.366 e. The number of carbonyl (C=O) groups is 2. The van der Waals surface area contributed by atoms with E-state index in [1.54, 1.807) is 27.9 Å². The Morgan fingerprint density at radius 1 is 1.31 bits per heavy atom. The molecule has 92 valence electrons. The Labute approximate surface area is 96.2 Å². The number of esters is 1. The zero-order valence-corrected chi connectivity index (χ0v) is 10.4. The van der Waals surface area contributed by atoms with Gasteiger partial charge in [-0.2, -0.15) is 0 Å². The molecule has 0 amide bonds. The van der Waals surface area contributed by atoms with Crippen molar-refractivity contribution in [1.29, 1.82) is 0 Å². The van der Waals surface area contributed by atoms with Crippen LogP contribution in [0.5, 0.6) is 0 Å². The molecule has 0 aromatic rings. The quantitative estimate of drug-likeness (QED) is 0.296. The molecule has 0 unspecified atom stereocenters. The highest BCUT2D eigenvalue weighted by atomic mass is 16.7. The fourth-order valence-electron chi connectivity index (χ4n) is 0.867. The average Bonchev–Trinajstić information content (AvgIpc) is 2.16. The summed E-state index contributed by atoms with van der Waals surface area (Å²) >= 11 is 0. The summed E-state index contributed by atoms with van der Waals surface area (Å²) in [7, 11) is 3.45. The van der Waals surface area contributed by atoms with Crippen LogP contribution in [0.2, 0.25) is 0 Å². The zero-order chi connectivity index (χ0) is 12.8. The Morgan fingerprint density at radius 2 is 1.88 bits per heavy atom. The molecule has 0 aliphatic heterocycles. The van der Waals surface area contributed by atoms with Crippen molar-refractivity contribution >= 4 is 11.9 Å². The molecule has 0 saturated heterocycles. The second-order valence-corrected chi connectivity index (χ2v) is 4.03. The largest absolute Gasteiger partial charge is 0.456 e. The zero-order valence-electron chi connectivity index (χ0n) is 10.4. The molecule has 5 heteroatoms. The van der Waals surface area contributed by atoms with Gasteiger partial charge in [0.2, 0.25) is 0 Å². The van der Waals surface area contributed by atoms with E-state index in [1.807, 2.05) is 0 Å².